The molecule has 34 heteroatoms. The van der Waals surface area contributed by atoms with E-state index in [0.29, 0.717) is 141 Å². The molecule has 8 N–H and O–H groups in total. The zero-order chi connectivity index (χ0) is 71.7. The van der Waals surface area contributed by atoms with Gasteiger partial charge in [-0.05, 0) is 54.8 Å². The van der Waals surface area contributed by atoms with Crippen molar-refractivity contribution in [2.45, 2.75) is 31.9 Å². The van der Waals surface area contributed by atoms with Crippen LogP contribution in [0.3, 0.4) is 0 Å². The van der Waals surface area contributed by atoms with Gasteiger partial charge in [0.2, 0.25) is 23.5 Å². The summed E-state index contributed by atoms with van der Waals surface area (Å²) < 4.78 is 62.9. The Kier molecular flexibility index (Phi) is 30.8. The lowest BCUT2D eigenvalue weighted by Crippen LogP contribution is -2.48. The number of ether oxygens (including phenoxy) is 10. The molecule has 1 aliphatic carbocycles. The maximum Gasteiger partial charge on any atom is 0.411 e. The highest BCUT2D eigenvalue weighted by atomic mass is 16.6. The van der Waals surface area contributed by atoms with Gasteiger partial charge in [-0.15, -0.1) is 0 Å². The minimum absolute atomic E-state index is 0.0170. The topological polar surface area (TPSA) is 388 Å². The summed E-state index contributed by atoms with van der Waals surface area (Å²) in [5.41, 5.74) is 2.71. The molecule has 544 valence electrons. The van der Waals surface area contributed by atoms with Gasteiger partial charge in [0, 0.05) is 110 Å². The van der Waals surface area contributed by atoms with Gasteiger partial charge in [-0.25, -0.2) is 19.7 Å². The number of carbonyl (C=O) groups is 8. The van der Waals surface area contributed by atoms with Gasteiger partial charge in [0.1, 0.15) is 30.4 Å². The summed E-state index contributed by atoms with van der Waals surface area (Å²) in [6.45, 7) is 7.07. The first-order valence-electron chi connectivity index (χ1n) is 32.8. The van der Waals surface area contributed by atoms with Gasteiger partial charge in [-0.1, -0.05) is 30.3 Å². The molecular weight excluding hydrogens is 1320 g/mol. The molecule has 1 fully saturated rings. The minimum atomic E-state index is -0.608. The highest BCUT2D eigenvalue weighted by Crippen LogP contribution is 2.29. The van der Waals surface area contributed by atoms with Crippen molar-refractivity contribution in [3.05, 3.63) is 138 Å². The lowest BCUT2D eigenvalue weighted by Gasteiger charge is -2.34. The summed E-state index contributed by atoms with van der Waals surface area (Å²) in [7, 11) is 8.19. The van der Waals surface area contributed by atoms with Gasteiger partial charge in [-0.2, -0.15) is 0 Å². The first-order valence-corrected chi connectivity index (χ1v) is 32.8. The molecule has 0 radical (unpaired) electrons. The normalized spacial score (nSPS) is 13.2. The zero-order valence-corrected chi connectivity index (χ0v) is 57.2. The van der Waals surface area contributed by atoms with E-state index >= 15 is 0 Å². The van der Waals surface area contributed by atoms with Crippen molar-refractivity contribution < 1.29 is 85.7 Å². The number of benzene rings is 2. The average molecular weight is 1410 g/mol. The van der Waals surface area contributed by atoms with Crippen molar-refractivity contribution in [2.75, 3.05) is 152 Å². The average Bonchev–Trinajstić information content (AvgIpc) is 1.76. The van der Waals surface area contributed by atoms with Gasteiger partial charge in [0.25, 0.3) is 29.5 Å². The zero-order valence-electron chi connectivity index (χ0n) is 57.2. The molecular formula is C67H88N16O18. The van der Waals surface area contributed by atoms with E-state index in [1.807, 2.05) is 30.3 Å². The fourth-order valence-electron chi connectivity index (χ4n) is 9.86. The van der Waals surface area contributed by atoms with Gasteiger partial charge in [0.15, 0.2) is 17.5 Å². The quantitative estimate of drug-likeness (QED) is 0.0252. The number of hydrogen-bond donors (Lipinski definition) is 8. The summed E-state index contributed by atoms with van der Waals surface area (Å²) in [5, 5.41) is 21.9. The number of amides is 8. The second-order valence-electron chi connectivity index (χ2n) is 22.9. The number of rotatable bonds is 45. The summed E-state index contributed by atoms with van der Waals surface area (Å²) in [4.78, 5) is 116. The van der Waals surface area contributed by atoms with Crippen LogP contribution in [0.1, 0.15) is 77.7 Å². The number of carbonyl (C=O) groups excluding carboxylic acids is 8. The highest BCUT2D eigenvalue weighted by Gasteiger charge is 2.36. The lowest BCUT2D eigenvalue weighted by molar-refractivity contribution is -0.123. The number of aryl methyl sites for hydroxylation is 5. The number of imidazole rings is 3. The number of aromatic nitrogens is 8. The molecule has 0 spiro atoms. The van der Waals surface area contributed by atoms with E-state index in [2.05, 4.69) is 57.5 Å². The molecule has 5 heterocycles. The molecule has 0 unspecified atom stereocenters. The Hall–Kier alpha value is -10.3. The van der Waals surface area contributed by atoms with Crippen LogP contribution >= 0.6 is 0 Å². The molecule has 1 aliphatic rings. The molecule has 0 aliphatic heterocycles. The third kappa shape index (κ3) is 25.7. The van der Waals surface area contributed by atoms with E-state index in [1.165, 1.54) is 44.4 Å². The third-order valence-corrected chi connectivity index (χ3v) is 15.1. The standard InChI is InChI=1S/C67H88N16O18/c1-79-19-17-68-58(79)65(89)72-50-39-53(80(2)41-50)62(86)69-16-15-57(84)75-55-43-83(5)60(76-55)66(90)73-51-40-54(81(3)42-51)63(87)71-49-37-47(38-49)61(85)78-56-44-82(4)59(77-56)64(88)70-18-20-92-21-22-93-23-24-94-25-26-95-27-28-96-29-30-97-31-32-98-33-34-99-35-36-100-52-13-11-48(12-14-52)74-67(91)101-45-46-9-7-6-8-10-46/h6-14,17,19,39-44,47,49H,15-16,18,20-38,45H2,1-5H3,(H,69,86)(H,70,88)(H,71,87)(H,72,89)(H,73,90)(H,74,91)(H,75,84)(H,78,85)/t47-,49-. The number of nitrogens with zero attached hydrogens (tertiary/aromatic N) is 8. The van der Waals surface area contributed by atoms with Gasteiger partial charge in [0.05, 0.1) is 117 Å². The molecule has 34 nitrogen and oxygen atoms in total. The van der Waals surface area contributed by atoms with Crippen molar-refractivity contribution in [3.8, 4) is 5.75 Å². The van der Waals surface area contributed by atoms with Crippen LogP contribution in [0.25, 0.3) is 0 Å². The van der Waals surface area contributed by atoms with E-state index in [4.69, 9.17) is 47.4 Å². The van der Waals surface area contributed by atoms with Gasteiger partial charge >= 0.3 is 6.09 Å². The van der Waals surface area contributed by atoms with Crippen LogP contribution in [-0.2, 0) is 94.1 Å². The molecule has 8 rings (SSSR count). The summed E-state index contributed by atoms with van der Waals surface area (Å²) >= 11 is 0. The van der Waals surface area contributed by atoms with Crippen LogP contribution in [0.4, 0.5) is 33.5 Å². The molecule has 0 saturated heterocycles. The molecule has 0 atom stereocenters. The van der Waals surface area contributed by atoms with Crippen molar-refractivity contribution in [1.29, 1.82) is 0 Å². The smallest absolute Gasteiger partial charge is 0.411 e. The van der Waals surface area contributed by atoms with Crippen molar-refractivity contribution >= 4 is 76.1 Å². The Morgan fingerprint density at radius 1 is 0.455 bits per heavy atom. The highest BCUT2D eigenvalue weighted by molar-refractivity contribution is 6.05. The Morgan fingerprint density at radius 2 is 0.941 bits per heavy atom. The van der Waals surface area contributed by atoms with Gasteiger partial charge < -0.3 is 107 Å². The van der Waals surface area contributed by atoms with Gasteiger partial charge in [-0.3, -0.25) is 38.9 Å². The van der Waals surface area contributed by atoms with E-state index in [0.717, 1.165) is 5.56 Å². The Morgan fingerprint density at radius 3 is 1.48 bits per heavy atom. The fraction of sp³-hybridized carbons (Fsp3) is 0.448. The van der Waals surface area contributed by atoms with Crippen molar-refractivity contribution in [3.63, 3.8) is 0 Å². The van der Waals surface area contributed by atoms with Crippen LogP contribution in [0.5, 0.6) is 5.75 Å². The molecule has 7 aromatic rings. The van der Waals surface area contributed by atoms with Crippen LogP contribution in [0.2, 0.25) is 0 Å². The first-order chi connectivity index (χ1) is 49.0. The van der Waals surface area contributed by atoms with E-state index < -0.39 is 47.5 Å². The Labute approximate surface area is 582 Å². The predicted octanol–water partition coefficient (Wildman–Crippen LogP) is 3.66. The summed E-state index contributed by atoms with van der Waals surface area (Å²) in [5.74, 6) is -2.34. The predicted molar refractivity (Wildman–Crippen MR) is 366 cm³/mol. The van der Waals surface area contributed by atoms with Crippen LogP contribution in [-0.4, -0.2) is 217 Å². The molecule has 8 amide bonds. The molecule has 0 bridgehead atoms. The van der Waals surface area contributed by atoms with Crippen molar-refractivity contribution in [2.24, 2.45) is 41.2 Å². The third-order valence-electron chi connectivity index (χ3n) is 15.1. The fourth-order valence-corrected chi connectivity index (χ4v) is 9.86. The van der Waals surface area contributed by atoms with Crippen molar-refractivity contribution in [1.82, 2.24) is 53.7 Å². The van der Waals surface area contributed by atoms with E-state index in [1.54, 1.807) is 87.2 Å². The Balaban J connectivity index is 0.564. The maximum atomic E-state index is 13.3. The maximum absolute atomic E-state index is 13.3. The van der Waals surface area contributed by atoms with Crippen LogP contribution < -0.4 is 47.3 Å². The van der Waals surface area contributed by atoms with Crippen LogP contribution in [0.15, 0.2) is 104 Å². The molecule has 5 aromatic heterocycles. The lowest BCUT2D eigenvalue weighted by atomic mass is 9.79. The first kappa shape index (κ1) is 76.4. The van der Waals surface area contributed by atoms with E-state index in [9.17, 15) is 38.4 Å². The summed E-state index contributed by atoms with van der Waals surface area (Å²) in [6.07, 6.45) is 9.36. The monoisotopic (exact) mass is 1400 g/mol. The molecule has 101 heavy (non-hydrogen) atoms. The number of anilines is 5. The van der Waals surface area contributed by atoms with E-state index in [-0.39, 0.29) is 85.2 Å². The SMILES string of the molecule is Cn1cc(NC(=O)c2nccn2C)cc1C(=O)NCCC(=O)Nc1cn(C)c(C(=O)Nc2cc(C(=O)N[C@H]3C[C@H](C(=O)Nc4cn(C)c(C(=O)NCCOCCOCCOCCOCCOCCOCCOCCOCCOc5ccc(NC(=O)OCc6ccccc6)cc5)n4)C3)n(C)c2)n1. The minimum Gasteiger partial charge on any atom is -0.491 e. The largest absolute Gasteiger partial charge is 0.491 e. The molecule has 1 saturated carbocycles. The summed E-state index contributed by atoms with van der Waals surface area (Å²) in [6, 6.07) is 19.1. The second-order valence-corrected chi connectivity index (χ2v) is 22.9. The number of nitrogens with one attached hydrogen (secondary N) is 8. The molecule has 2 aromatic carbocycles. The second kappa shape index (κ2) is 40.7. The van der Waals surface area contributed by atoms with Crippen LogP contribution in [0, 0.1) is 5.92 Å². The Bertz CT molecular complexity index is 3800. The number of hydrogen-bond acceptors (Lipinski definition) is 21.